The lowest BCUT2D eigenvalue weighted by Crippen LogP contribution is -2.41. The maximum Gasteiger partial charge on any atom is 0.405 e. The molecule has 0 aromatic rings. The van der Waals surface area contributed by atoms with Crippen molar-refractivity contribution in [1.82, 2.24) is 10.8 Å². The minimum absolute atomic E-state index is 0.0679. The van der Waals surface area contributed by atoms with Gasteiger partial charge in [-0.1, -0.05) is 12.8 Å². The summed E-state index contributed by atoms with van der Waals surface area (Å²) in [7, 11) is 0. The third kappa shape index (κ3) is 5.46. The minimum Gasteiger partial charge on any atom is -0.327 e. The van der Waals surface area contributed by atoms with E-state index in [9.17, 15) is 18.0 Å². The van der Waals surface area contributed by atoms with Crippen molar-refractivity contribution in [2.75, 3.05) is 6.54 Å². The van der Waals surface area contributed by atoms with Crippen LogP contribution >= 0.6 is 0 Å². The lowest BCUT2D eigenvalue weighted by molar-refractivity contribution is -0.123. The molecule has 1 fully saturated rings. The summed E-state index contributed by atoms with van der Waals surface area (Å²) in [5.41, 5.74) is 1.95. The first kappa shape index (κ1) is 12.1. The van der Waals surface area contributed by atoms with Crippen LogP contribution in [-0.2, 0) is 4.84 Å². The van der Waals surface area contributed by atoms with E-state index in [1.54, 1.807) is 5.32 Å². The van der Waals surface area contributed by atoms with Gasteiger partial charge in [-0.15, -0.1) is 0 Å². The standard InChI is InChI=1S/C8H13F3N2O2/c9-8(10,11)5-12-7(14)13-15-6-3-1-2-4-6/h6H,1-5H2,(H2,12,13,14). The van der Waals surface area contributed by atoms with Crippen molar-refractivity contribution in [1.29, 1.82) is 0 Å². The van der Waals surface area contributed by atoms with Crippen molar-refractivity contribution in [3.05, 3.63) is 0 Å². The lowest BCUT2D eigenvalue weighted by atomic mass is 10.3. The highest BCUT2D eigenvalue weighted by molar-refractivity contribution is 5.72. The third-order valence-corrected chi connectivity index (χ3v) is 2.07. The summed E-state index contributed by atoms with van der Waals surface area (Å²) < 4.78 is 35.0. The first-order valence-corrected chi connectivity index (χ1v) is 4.73. The zero-order valence-corrected chi connectivity index (χ0v) is 8.06. The van der Waals surface area contributed by atoms with Crippen LogP contribution in [0.5, 0.6) is 0 Å². The number of nitrogens with one attached hydrogen (secondary N) is 2. The Morgan fingerprint density at radius 2 is 1.93 bits per heavy atom. The van der Waals surface area contributed by atoms with Crippen LogP contribution in [0.3, 0.4) is 0 Å². The van der Waals surface area contributed by atoms with Crippen molar-refractivity contribution in [3.8, 4) is 0 Å². The van der Waals surface area contributed by atoms with Crippen LogP contribution in [0.25, 0.3) is 0 Å². The fraction of sp³-hybridized carbons (Fsp3) is 0.875. The number of alkyl halides is 3. The number of rotatable bonds is 3. The minimum atomic E-state index is -4.40. The second kappa shape index (κ2) is 5.20. The monoisotopic (exact) mass is 226 g/mol. The van der Waals surface area contributed by atoms with E-state index in [-0.39, 0.29) is 6.10 Å². The maximum absolute atomic E-state index is 11.7. The molecule has 0 radical (unpaired) electrons. The van der Waals surface area contributed by atoms with Gasteiger partial charge in [-0.25, -0.2) is 10.3 Å². The number of hydroxylamine groups is 1. The molecular weight excluding hydrogens is 213 g/mol. The summed E-state index contributed by atoms with van der Waals surface area (Å²) in [4.78, 5) is 15.7. The molecule has 4 nitrogen and oxygen atoms in total. The van der Waals surface area contributed by atoms with Gasteiger partial charge in [0.25, 0.3) is 0 Å². The smallest absolute Gasteiger partial charge is 0.327 e. The Morgan fingerprint density at radius 3 is 2.47 bits per heavy atom. The Morgan fingerprint density at radius 1 is 1.33 bits per heavy atom. The van der Waals surface area contributed by atoms with E-state index in [0.717, 1.165) is 25.7 Å². The summed E-state index contributed by atoms with van der Waals surface area (Å²) >= 11 is 0. The third-order valence-electron chi connectivity index (χ3n) is 2.07. The van der Waals surface area contributed by atoms with Crippen molar-refractivity contribution >= 4 is 6.03 Å². The van der Waals surface area contributed by atoms with Crippen molar-refractivity contribution in [2.24, 2.45) is 0 Å². The van der Waals surface area contributed by atoms with Gasteiger partial charge in [0.15, 0.2) is 0 Å². The molecule has 88 valence electrons. The number of carbonyl (C=O) groups excluding carboxylic acids is 1. The molecule has 0 aliphatic heterocycles. The van der Waals surface area contributed by atoms with Crippen molar-refractivity contribution in [2.45, 2.75) is 38.0 Å². The van der Waals surface area contributed by atoms with Crippen molar-refractivity contribution < 1.29 is 22.8 Å². The highest BCUT2D eigenvalue weighted by Gasteiger charge is 2.27. The molecule has 0 atom stereocenters. The summed E-state index contributed by atoms with van der Waals surface area (Å²) in [5, 5.41) is 1.65. The summed E-state index contributed by atoms with van der Waals surface area (Å²) in [6, 6.07) is -0.959. The van der Waals surface area contributed by atoms with Crippen LogP contribution < -0.4 is 10.8 Å². The predicted octanol–water partition coefficient (Wildman–Crippen LogP) is 1.72. The SMILES string of the molecule is O=C(NCC(F)(F)F)NOC1CCCC1. The van der Waals surface area contributed by atoms with E-state index in [1.807, 2.05) is 5.48 Å². The quantitative estimate of drug-likeness (QED) is 0.720. The topological polar surface area (TPSA) is 50.4 Å². The maximum atomic E-state index is 11.7. The second-order valence-electron chi connectivity index (χ2n) is 3.42. The van der Waals surface area contributed by atoms with Gasteiger partial charge in [0, 0.05) is 0 Å². The molecule has 0 saturated heterocycles. The second-order valence-corrected chi connectivity index (χ2v) is 3.42. The molecule has 2 amide bonds. The first-order valence-electron chi connectivity index (χ1n) is 4.73. The Labute approximate surface area is 85.1 Å². The average molecular weight is 226 g/mol. The zero-order valence-electron chi connectivity index (χ0n) is 8.06. The summed E-state index contributed by atoms with van der Waals surface area (Å²) in [5.74, 6) is 0. The molecule has 1 rings (SSSR count). The van der Waals surface area contributed by atoms with E-state index in [4.69, 9.17) is 4.84 Å². The van der Waals surface area contributed by atoms with E-state index in [0.29, 0.717) is 0 Å². The van der Waals surface area contributed by atoms with Gasteiger partial charge in [0.2, 0.25) is 0 Å². The van der Waals surface area contributed by atoms with Gasteiger partial charge in [0.1, 0.15) is 6.54 Å². The zero-order chi connectivity index (χ0) is 11.3. The highest BCUT2D eigenvalue weighted by Crippen LogP contribution is 2.19. The van der Waals surface area contributed by atoms with Crippen LogP contribution in [0.1, 0.15) is 25.7 Å². The predicted molar refractivity (Wildman–Crippen MR) is 45.9 cm³/mol. The molecule has 0 unspecified atom stereocenters. The van der Waals surface area contributed by atoms with E-state index < -0.39 is 18.8 Å². The number of hydrogen-bond acceptors (Lipinski definition) is 2. The molecular formula is C8H13F3N2O2. The number of urea groups is 1. The molecule has 0 bridgehead atoms. The summed E-state index contributed by atoms with van der Waals surface area (Å²) in [6.45, 7) is -1.35. The molecule has 0 aromatic heterocycles. The Bertz CT molecular complexity index is 214. The van der Waals surface area contributed by atoms with Crippen LogP contribution in [0.15, 0.2) is 0 Å². The van der Waals surface area contributed by atoms with E-state index >= 15 is 0 Å². The molecule has 2 N–H and O–H groups in total. The lowest BCUT2D eigenvalue weighted by Gasteiger charge is -2.12. The van der Waals surface area contributed by atoms with Crippen molar-refractivity contribution in [3.63, 3.8) is 0 Å². The highest BCUT2D eigenvalue weighted by atomic mass is 19.4. The Hall–Kier alpha value is -0.980. The fourth-order valence-electron chi connectivity index (χ4n) is 1.36. The van der Waals surface area contributed by atoms with E-state index in [1.165, 1.54) is 0 Å². The van der Waals surface area contributed by atoms with Crippen LogP contribution in [-0.4, -0.2) is 24.9 Å². The average Bonchev–Trinajstić information content (AvgIpc) is 2.62. The first-order chi connectivity index (χ1) is 6.97. The van der Waals surface area contributed by atoms with Gasteiger partial charge in [-0.2, -0.15) is 13.2 Å². The van der Waals surface area contributed by atoms with Gasteiger partial charge in [-0.05, 0) is 12.8 Å². The number of carbonyl (C=O) groups is 1. The van der Waals surface area contributed by atoms with Gasteiger partial charge >= 0.3 is 12.2 Å². The van der Waals surface area contributed by atoms with Crippen LogP contribution in [0.4, 0.5) is 18.0 Å². The van der Waals surface area contributed by atoms with Crippen LogP contribution in [0.2, 0.25) is 0 Å². The molecule has 0 spiro atoms. The normalized spacial score (nSPS) is 17.8. The molecule has 1 aliphatic carbocycles. The number of hydrogen-bond donors (Lipinski definition) is 2. The number of halogens is 3. The molecule has 0 aromatic carbocycles. The largest absolute Gasteiger partial charge is 0.405 e. The Balaban J connectivity index is 2.08. The van der Waals surface area contributed by atoms with Gasteiger partial charge in [-0.3, -0.25) is 4.84 Å². The molecule has 15 heavy (non-hydrogen) atoms. The van der Waals surface area contributed by atoms with Gasteiger partial charge < -0.3 is 5.32 Å². The Kier molecular flexibility index (Phi) is 4.19. The fourth-order valence-corrected chi connectivity index (χ4v) is 1.36. The van der Waals surface area contributed by atoms with E-state index in [2.05, 4.69) is 0 Å². The summed E-state index contributed by atoms with van der Waals surface area (Å²) in [6.07, 6.45) is -0.752. The molecule has 1 saturated carbocycles. The molecule has 7 heteroatoms. The number of amides is 2. The van der Waals surface area contributed by atoms with Crippen LogP contribution in [0, 0.1) is 0 Å². The molecule has 0 heterocycles. The molecule has 1 aliphatic rings. The van der Waals surface area contributed by atoms with Gasteiger partial charge in [0.05, 0.1) is 6.10 Å².